The minimum Gasteiger partial charge on any atom is -0.545 e. The summed E-state index contributed by atoms with van der Waals surface area (Å²) in [6.45, 7) is 1.77. The van der Waals surface area contributed by atoms with E-state index in [2.05, 4.69) is 10.1 Å². The first-order valence-corrected chi connectivity index (χ1v) is 5.89. The summed E-state index contributed by atoms with van der Waals surface area (Å²) in [6.07, 6.45) is 0. The first kappa shape index (κ1) is 10.8. The summed E-state index contributed by atoms with van der Waals surface area (Å²) in [6, 6.07) is 4.09. The molecule has 0 N–H and O–H groups in total. The number of benzene rings is 1. The van der Waals surface area contributed by atoms with Crippen molar-refractivity contribution in [1.29, 1.82) is 0 Å². The molecular formula is C11H6N3O3S-. The van der Waals surface area contributed by atoms with Crippen LogP contribution in [0.4, 0.5) is 0 Å². The molecule has 2 aromatic heterocycles. The summed E-state index contributed by atoms with van der Waals surface area (Å²) in [5, 5.41) is 15.9. The maximum Gasteiger partial charge on any atom is 0.283 e. The maximum atomic E-state index is 12.1. The summed E-state index contributed by atoms with van der Waals surface area (Å²) in [4.78, 5) is 27.5. The van der Waals surface area contributed by atoms with Gasteiger partial charge in [0.1, 0.15) is 5.01 Å². The molecule has 7 heteroatoms. The summed E-state index contributed by atoms with van der Waals surface area (Å²) >= 11 is 1.27. The molecule has 1 aromatic carbocycles. The molecule has 18 heavy (non-hydrogen) atoms. The van der Waals surface area contributed by atoms with Gasteiger partial charge in [0, 0.05) is 0 Å². The molecule has 0 amide bonds. The van der Waals surface area contributed by atoms with Crippen molar-refractivity contribution in [2.24, 2.45) is 0 Å². The van der Waals surface area contributed by atoms with Crippen molar-refractivity contribution in [3.63, 3.8) is 0 Å². The third kappa shape index (κ3) is 1.48. The highest BCUT2D eigenvalue weighted by molar-refractivity contribution is 7.16. The Hall–Kier alpha value is -2.28. The minimum atomic E-state index is -1.29. The first-order valence-electron chi connectivity index (χ1n) is 5.08. The van der Waals surface area contributed by atoms with Crippen molar-refractivity contribution in [2.75, 3.05) is 0 Å². The van der Waals surface area contributed by atoms with Crippen LogP contribution in [-0.4, -0.2) is 20.6 Å². The molecule has 90 valence electrons. The van der Waals surface area contributed by atoms with Gasteiger partial charge < -0.3 is 9.90 Å². The number of carboxylic acid groups (broad SMARTS) is 1. The highest BCUT2D eigenvalue weighted by Gasteiger charge is 2.09. The van der Waals surface area contributed by atoms with Crippen LogP contribution in [0.5, 0.6) is 0 Å². The van der Waals surface area contributed by atoms with E-state index in [1.807, 2.05) is 0 Å². The lowest BCUT2D eigenvalue weighted by Crippen LogP contribution is -2.22. The standard InChI is InChI=1S/C11H7N3O3S/c1-5-13-14-9(15)7-3-2-6(10(16)17)4-8(7)12-11(14)18-5/h2-4H,1H3,(H,16,17)/p-1. The molecule has 3 aromatic rings. The Kier molecular flexibility index (Phi) is 2.17. The van der Waals surface area contributed by atoms with Gasteiger partial charge in [-0.15, -0.1) is 0 Å². The van der Waals surface area contributed by atoms with E-state index in [9.17, 15) is 14.7 Å². The average molecular weight is 260 g/mol. The number of carbonyl (C=O) groups excluding carboxylic acids is 1. The molecule has 6 nitrogen and oxygen atoms in total. The van der Waals surface area contributed by atoms with Gasteiger partial charge in [-0.05, 0) is 24.6 Å². The fourth-order valence-electron chi connectivity index (χ4n) is 1.73. The zero-order valence-electron chi connectivity index (χ0n) is 9.21. The molecule has 0 aliphatic heterocycles. The molecule has 0 bridgehead atoms. The Morgan fingerprint density at radius 3 is 2.94 bits per heavy atom. The largest absolute Gasteiger partial charge is 0.545 e. The van der Waals surface area contributed by atoms with Gasteiger partial charge in [0.15, 0.2) is 0 Å². The van der Waals surface area contributed by atoms with Crippen LogP contribution < -0.4 is 10.7 Å². The van der Waals surface area contributed by atoms with Crippen LogP contribution in [0, 0.1) is 6.92 Å². The van der Waals surface area contributed by atoms with Gasteiger partial charge in [-0.3, -0.25) is 4.79 Å². The quantitative estimate of drug-likeness (QED) is 0.613. The number of rotatable bonds is 1. The summed E-state index contributed by atoms with van der Waals surface area (Å²) in [5.74, 6) is -1.29. The molecule has 0 saturated carbocycles. The Bertz CT molecular complexity index is 850. The molecule has 0 atom stereocenters. The fraction of sp³-hybridized carbons (Fsp3) is 0.0909. The van der Waals surface area contributed by atoms with Crippen LogP contribution in [0.3, 0.4) is 0 Å². The lowest BCUT2D eigenvalue weighted by Gasteiger charge is -2.03. The minimum absolute atomic E-state index is 0.0000118. The van der Waals surface area contributed by atoms with Crippen LogP contribution in [0.2, 0.25) is 0 Å². The number of carbonyl (C=O) groups is 1. The van der Waals surface area contributed by atoms with Crippen molar-refractivity contribution in [3.05, 3.63) is 39.1 Å². The SMILES string of the molecule is Cc1nn2c(=O)c3ccc(C(=O)[O-])cc3nc2s1. The van der Waals surface area contributed by atoms with E-state index >= 15 is 0 Å². The maximum absolute atomic E-state index is 12.1. The molecule has 3 rings (SSSR count). The van der Waals surface area contributed by atoms with Crippen molar-refractivity contribution in [2.45, 2.75) is 6.92 Å². The van der Waals surface area contributed by atoms with Crippen LogP contribution in [0.1, 0.15) is 15.4 Å². The van der Waals surface area contributed by atoms with Gasteiger partial charge in [0.25, 0.3) is 5.56 Å². The van der Waals surface area contributed by atoms with E-state index in [-0.39, 0.29) is 11.1 Å². The van der Waals surface area contributed by atoms with E-state index < -0.39 is 5.97 Å². The summed E-state index contributed by atoms with van der Waals surface area (Å²) in [7, 11) is 0. The number of carboxylic acids is 1. The smallest absolute Gasteiger partial charge is 0.283 e. The zero-order chi connectivity index (χ0) is 12.9. The van der Waals surface area contributed by atoms with E-state index in [1.54, 1.807) is 6.92 Å². The van der Waals surface area contributed by atoms with E-state index in [0.29, 0.717) is 15.9 Å². The Morgan fingerprint density at radius 1 is 1.44 bits per heavy atom. The number of fused-ring (bicyclic) bond motifs is 2. The molecule has 0 radical (unpaired) electrons. The van der Waals surface area contributed by atoms with Crippen LogP contribution in [0.25, 0.3) is 15.9 Å². The third-order valence-corrected chi connectivity index (χ3v) is 3.36. The Labute approximate surface area is 104 Å². The van der Waals surface area contributed by atoms with Crippen LogP contribution in [0.15, 0.2) is 23.0 Å². The van der Waals surface area contributed by atoms with E-state index in [1.165, 1.54) is 34.1 Å². The number of nitrogens with zero attached hydrogens (tertiary/aromatic N) is 3. The number of hydrogen-bond donors (Lipinski definition) is 0. The highest BCUT2D eigenvalue weighted by atomic mass is 32.1. The van der Waals surface area contributed by atoms with E-state index in [4.69, 9.17) is 0 Å². The van der Waals surface area contributed by atoms with Gasteiger partial charge in [-0.25, -0.2) is 4.98 Å². The predicted molar refractivity (Wildman–Crippen MR) is 63.7 cm³/mol. The lowest BCUT2D eigenvalue weighted by atomic mass is 10.1. The lowest BCUT2D eigenvalue weighted by molar-refractivity contribution is -0.255. The van der Waals surface area contributed by atoms with Crippen molar-refractivity contribution >= 4 is 33.2 Å². The topological polar surface area (TPSA) is 87.4 Å². The van der Waals surface area contributed by atoms with Gasteiger partial charge >= 0.3 is 0 Å². The molecular weight excluding hydrogens is 254 g/mol. The fourth-order valence-corrected chi connectivity index (χ4v) is 2.47. The second-order valence-corrected chi connectivity index (χ2v) is 4.91. The Balaban J connectivity index is 2.47. The zero-order valence-corrected chi connectivity index (χ0v) is 10.0. The molecule has 0 saturated heterocycles. The predicted octanol–water partition coefficient (Wildman–Crippen LogP) is -0.0239. The summed E-state index contributed by atoms with van der Waals surface area (Å²) < 4.78 is 1.22. The highest BCUT2D eigenvalue weighted by Crippen LogP contribution is 2.15. The molecule has 2 heterocycles. The second-order valence-electron chi connectivity index (χ2n) is 3.75. The number of aromatic nitrogens is 3. The van der Waals surface area contributed by atoms with Crippen molar-refractivity contribution in [1.82, 2.24) is 14.6 Å². The normalized spacial score (nSPS) is 11.2. The van der Waals surface area contributed by atoms with Gasteiger partial charge in [-0.2, -0.15) is 9.61 Å². The molecule has 0 unspecified atom stereocenters. The van der Waals surface area contributed by atoms with Crippen molar-refractivity contribution in [3.8, 4) is 0 Å². The first-order chi connectivity index (χ1) is 8.56. The van der Waals surface area contributed by atoms with E-state index in [0.717, 1.165) is 5.01 Å². The molecule has 0 aliphatic carbocycles. The van der Waals surface area contributed by atoms with Crippen LogP contribution in [-0.2, 0) is 0 Å². The average Bonchev–Trinajstić information content (AvgIpc) is 2.69. The molecule has 0 aliphatic rings. The number of aryl methyl sites for hydroxylation is 1. The van der Waals surface area contributed by atoms with Crippen molar-refractivity contribution < 1.29 is 9.90 Å². The molecule has 0 spiro atoms. The van der Waals surface area contributed by atoms with Crippen LogP contribution >= 0.6 is 11.3 Å². The molecule has 0 fully saturated rings. The van der Waals surface area contributed by atoms with Gasteiger partial charge in [0.2, 0.25) is 4.96 Å². The van der Waals surface area contributed by atoms with Gasteiger partial charge in [-0.1, -0.05) is 17.4 Å². The number of aromatic carboxylic acids is 1. The second kappa shape index (κ2) is 3.61. The monoisotopic (exact) mass is 260 g/mol. The summed E-state index contributed by atoms with van der Waals surface area (Å²) in [5.41, 5.74) is 0.0367. The third-order valence-electron chi connectivity index (χ3n) is 2.53. The number of hydrogen-bond acceptors (Lipinski definition) is 6. The Morgan fingerprint density at radius 2 is 2.22 bits per heavy atom. The van der Waals surface area contributed by atoms with Gasteiger partial charge in [0.05, 0.1) is 16.9 Å².